The van der Waals surface area contributed by atoms with Crippen LogP contribution in [0.2, 0.25) is 5.02 Å². The number of oxime groups is 1. The molecule has 0 atom stereocenters. The molecular weight excluding hydrogens is 370 g/mol. The molecular formula is C20H18ClNO5. The molecule has 0 N–H and O–H groups in total. The van der Waals surface area contributed by atoms with Crippen LogP contribution in [-0.2, 0) is 14.4 Å². The second-order valence-electron chi connectivity index (χ2n) is 6.00. The van der Waals surface area contributed by atoms with Gasteiger partial charge in [0.05, 0.1) is 28.5 Å². The Bertz CT molecular complexity index is 942. The first-order chi connectivity index (χ1) is 13.0. The number of carbonyl (C=O) groups is 2. The van der Waals surface area contributed by atoms with Crippen LogP contribution in [0.1, 0.15) is 42.8 Å². The third kappa shape index (κ3) is 4.28. The fourth-order valence-electron chi connectivity index (χ4n) is 2.47. The van der Waals surface area contributed by atoms with E-state index >= 15 is 0 Å². The van der Waals surface area contributed by atoms with Crippen LogP contribution in [0.15, 0.2) is 45.5 Å². The summed E-state index contributed by atoms with van der Waals surface area (Å²) in [7, 11) is 0. The molecule has 0 amide bonds. The zero-order valence-electron chi connectivity index (χ0n) is 15.0. The van der Waals surface area contributed by atoms with Crippen LogP contribution in [-0.4, -0.2) is 24.3 Å². The number of halogens is 1. The molecule has 7 heteroatoms. The predicted octanol–water partition coefficient (Wildman–Crippen LogP) is 4.87. The van der Waals surface area contributed by atoms with Crippen molar-refractivity contribution in [3.05, 3.63) is 52.3 Å². The quantitative estimate of drug-likeness (QED) is 0.305. The Balaban J connectivity index is 1.83. The van der Waals surface area contributed by atoms with E-state index in [0.29, 0.717) is 40.0 Å². The average Bonchev–Trinajstić information content (AvgIpc) is 3.24. The maximum Gasteiger partial charge on any atom is 0.367 e. The minimum absolute atomic E-state index is 0.281. The number of benzene rings is 1. The lowest BCUT2D eigenvalue weighted by Crippen LogP contribution is -2.07. The normalized spacial score (nSPS) is 15.0. The van der Waals surface area contributed by atoms with Crippen molar-refractivity contribution in [2.45, 2.75) is 26.7 Å². The van der Waals surface area contributed by atoms with Gasteiger partial charge in [-0.15, -0.1) is 0 Å². The van der Waals surface area contributed by atoms with Gasteiger partial charge in [-0.3, -0.25) is 0 Å². The van der Waals surface area contributed by atoms with Gasteiger partial charge in [-0.25, -0.2) is 9.59 Å². The number of rotatable bonds is 6. The summed E-state index contributed by atoms with van der Waals surface area (Å²) < 4.78 is 11.0. The van der Waals surface area contributed by atoms with Crippen molar-refractivity contribution in [3.63, 3.8) is 0 Å². The molecule has 0 spiro atoms. The van der Waals surface area contributed by atoms with Gasteiger partial charge in [-0.05, 0) is 49.8 Å². The number of hydrogen-bond donors (Lipinski definition) is 0. The smallest absolute Gasteiger partial charge is 0.367 e. The van der Waals surface area contributed by atoms with Gasteiger partial charge in [0.2, 0.25) is 0 Å². The van der Waals surface area contributed by atoms with Crippen molar-refractivity contribution in [3.8, 4) is 11.3 Å². The first-order valence-corrected chi connectivity index (χ1v) is 8.92. The highest BCUT2D eigenvalue weighted by Gasteiger charge is 2.22. The molecule has 0 saturated heterocycles. The van der Waals surface area contributed by atoms with Gasteiger partial charge in [0.15, 0.2) is 0 Å². The Hall–Kier alpha value is -2.86. The predicted molar refractivity (Wildman–Crippen MR) is 102 cm³/mol. The van der Waals surface area contributed by atoms with Crippen molar-refractivity contribution in [1.29, 1.82) is 0 Å². The molecule has 3 rings (SSSR count). The van der Waals surface area contributed by atoms with E-state index < -0.39 is 11.9 Å². The molecule has 0 radical (unpaired) electrons. The number of esters is 1. The van der Waals surface area contributed by atoms with Crippen molar-refractivity contribution >= 4 is 35.3 Å². The first kappa shape index (κ1) is 18.9. The van der Waals surface area contributed by atoms with Gasteiger partial charge in [0.1, 0.15) is 11.5 Å². The van der Waals surface area contributed by atoms with Crippen LogP contribution in [0.3, 0.4) is 0 Å². The number of furan rings is 1. The number of ether oxygens (including phenoxy) is 1. The molecule has 1 aliphatic heterocycles. The third-order valence-electron chi connectivity index (χ3n) is 3.99. The van der Waals surface area contributed by atoms with E-state index in [9.17, 15) is 9.59 Å². The fraction of sp³-hybridized carbons (Fsp3) is 0.250. The van der Waals surface area contributed by atoms with Gasteiger partial charge >= 0.3 is 11.9 Å². The van der Waals surface area contributed by atoms with Crippen LogP contribution in [0.4, 0.5) is 0 Å². The Labute approximate surface area is 161 Å². The Morgan fingerprint density at radius 3 is 2.81 bits per heavy atom. The van der Waals surface area contributed by atoms with Gasteiger partial charge in [0.25, 0.3) is 0 Å². The van der Waals surface area contributed by atoms with Gasteiger partial charge in [0, 0.05) is 5.56 Å². The molecule has 0 saturated carbocycles. The largest absolute Gasteiger partial charge is 0.462 e. The lowest BCUT2D eigenvalue weighted by atomic mass is 10.1. The van der Waals surface area contributed by atoms with E-state index in [-0.39, 0.29) is 5.56 Å². The molecule has 27 heavy (non-hydrogen) atoms. The van der Waals surface area contributed by atoms with Gasteiger partial charge < -0.3 is 14.0 Å². The van der Waals surface area contributed by atoms with Crippen LogP contribution in [0.5, 0.6) is 0 Å². The Kier molecular flexibility index (Phi) is 5.76. The molecule has 2 heterocycles. The molecule has 1 aliphatic rings. The van der Waals surface area contributed by atoms with Crippen LogP contribution in [0.25, 0.3) is 17.4 Å². The summed E-state index contributed by atoms with van der Waals surface area (Å²) in [5.41, 5.74) is 1.78. The average molecular weight is 388 g/mol. The topological polar surface area (TPSA) is 78.1 Å². The fourth-order valence-corrected chi connectivity index (χ4v) is 2.66. The molecule has 2 aromatic rings. The molecule has 6 nitrogen and oxygen atoms in total. The molecule has 0 unspecified atom stereocenters. The second kappa shape index (κ2) is 8.22. The van der Waals surface area contributed by atoms with Crippen LogP contribution < -0.4 is 0 Å². The van der Waals surface area contributed by atoms with Crippen molar-refractivity contribution in [2.24, 2.45) is 5.16 Å². The maximum absolute atomic E-state index is 12.2. The summed E-state index contributed by atoms with van der Waals surface area (Å²) in [5.74, 6) is 0.0105. The number of carbonyl (C=O) groups excluding carboxylic acids is 2. The van der Waals surface area contributed by atoms with E-state index in [1.165, 1.54) is 0 Å². The Morgan fingerprint density at radius 2 is 2.11 bits per heavy atom. The van der Waals surface area contributed by atoms with E-state index in [0.717, 1.165) is 12.8 Å². The monoisotopic (exact) mass is 387 g/mol. The second-order valence-corrected chi connectivity index (χ2v) is 6.41. The van der Waals surface area contributed by atoms with Gasteiger partial charge in [-0.2, -0.15) is 0 Å². The Morgan fingerprint density at radius 1 is 1.30 bits per heavy atom. The maximum atomic E-state index is 12.2. The summed E-state index contributed by atoms with van der Waals surface area (Å²) in [4.78, 5) is 28.4. The molecule has 0 fully saturated rings. The highest BCUT2D eigenvalue weighted by Crippen LogP contribution is 2.28. The first-order valence-electron chi connectivity index (χ1n) is 8.54. The third-order valence-corrected chi connectivity index (χ3v) is 4.32. The van der Waals surface area contributed by atoms with Gasteiger partial charge in [-0.1, -0.05) is 30.1 Å². The summed E-state index contributed by atoms with van der Waals surface area (Å²) in [6, 6.07) is 8.46. The highest BCUT2D eigenvalue weighted by molar-refractivity contribution is 6.33. The molecule has 1 aromatic carbocycles. The molecule has 0 aliphatic carbocycles. The SMILES string of the molecule is CCCCOC(=O)c1cc(-c2ccc(/C=C3\C(=O)ON=C3C)o2)ccc1Cl. The highest BCUT2D eigenvalue weighted by atomic mass is 35.5. The zero-order chi connectivity index (χ0) is 19.4. The summed E-state index contributed by atoms with van der Waals surface area (Å²) in [6.45, 7) is 4.05. The molecule has 140 valence electrons. The molecule has 1 aromatic heterocycles. The standard InChI is InChI=1S/C20H18ClNO5/c1-3-4-9-25-19(23)16-10-13(5-7-17(16)21)18-8-6-14(26-18)11-15-12(2)22-27-20(15)24/h5-8,10-11H,3-4,9H2,1-2H3/b15-11-. The van der Waals surface area contributed by atoms with E-state index in [4.69, 9.17) is 20.8 Å². The zero-order valence-corrected chi connectivity index (χ0v) is 15.7. The molecule has 0 bridgehead atoms. The van der Waals surface area contributed by atoms with Crippen LogP contribution in [0, 0.1) is 0 Å². The van der Waals surface area contributed by atoms with Crippen molar-refractivity contribution in [1.82, 2.24) is 0 Å². The van der Waals surface area contributed by atoms with Crippen LogP contribution >= 0.6 is 11.6 Å². The number of hydrogen-bond acceptors (Lipinski definition) is 6. The minimum atomic E-state index is -0.519. The van der Waals surface area contributed by atoms with E-state index in [2.05, 4.69) is 9.99 Å². The summed E-state index contributed by atoms with van der Waals surface area (Å²) in [5, 5.41) is 3.94. The van der Waals surface area contributed by atoms with Crippen molar-refractivity contribution < 1.29 is 23.6 Å². The minimum Gasteiger partial charge on any atom is -0.462 e. The number of unbranched alkanes of at least 4 members (excludes halogenated alkanes) is 1. The van der Waals surface area contributed by atoms with E-state index in [1.807, 2.05) is 6.92 Å². The number of nitrogens with zero attached hydrogens (tertiary/aromatic N) is 1. The summed E-state index contributed by atoms with van der Waals surface area (Å²) in [6.07, 6.45) is 3.29. The van der Waals surface area contributed by atoms with Crippen molar-refractivity contribution in [2.75, 3.05) is 6.61 Å². The summed E-state index contributed by atoms with van der Waals surface area (Å²) >= 11 is 6.14. The lowest BCUT2D eigenvalue weighted by molar-refractivity contribution is -0.136. The van der Waals surface area contributed by atoms with E-state index in [1.54, 1.807) is 43.3 Å². The lowest BCUT2D eigenvalue weighted by Gasteiger charge is -2.07.